The van der Waals surface area contributed by atoms with E-state index >= 15 is 0 Å². The maximum absolute atomic E-state index is 12.8. The summed E-state index contributed by atoms with van der Waals surface area (Å²) >= 11 is 1.16. The zero-order valence-electron chi connectivity index (χ0n) is 15.4. The third-order valence-electron chi connectivity index (χ3n) is 4.64. The topological polar surface area (TPSA) is 48.0 Å². The summed E-state index contributed by atoms with van der Waals surface area (Å²) in [5, 5.41) is 1.86. The fourth-order valence-corrected chi connectivity index (χ4v) is 4.01. The summed E-state index contributed by atoms with van der Waals surface area (Å²) in [5.74, 6) is 1.55. The van der Waals surface area contributed by atoms with Gasteiger partial charge in [-0.1, -0.05) is 90.2 Å². The van der Waals surface area contributed by atoms with Crippen LogP contribution in [0.25, 0.3) is 39.9 Å². The van der Waals surface area contributed by atoms with Crippen LogP contribution >= 0.6 is 11.3 Å². The molecule has 0 atom stereocenters. The van der Waals surface area contributed by atoms with Gasteiger partial charge in [-0.25, -0.2) is 4.57 Å². The maximum atomic E-state index is 12.8. The number of aromatic nitrogens is 2. The molecule has 2 heterocycles. The fourth-order valence-electron chi connectivity index (χ4n) is 3.26. The summed E-state index contributed by atoms with van der Waals surface area (Å²) < 4.78 is 7.83. The van der Waals surface area contributed by atoms with Crippen LogP contribution in [0.15, 0.2) is 106 Å². The lowest BCUT2D eigenvalue weighted by Gasteiger charge is -2.06. The van der Waals surface area contributed by atoms with Crippen molar-refractivity contribution in [2.45, 2.75) is 0 Å². The molecule has 5 rings (SSSR count). The fraction of sp³-hybridized carbons (Fsp3) is 0. The number of rotatable bonds is 4. The molecule has 0 N–H and O–H groups in total. The predicted octanol–water partition coefficient (Wildman–Crippen LogP) is 5.89. The molecule has 5 heteroatoms. The van der Waals surface area contributed by atoms with Crippen LogP contribution in [0.3, 0.4) is 0 Å². The molecule has 5 aromatic rings. The molecule has 0 aliphatic heterocycles. The minimum Gasteiger partial charge on any atom is -0.434 e. The summed E-state index contributed by atoms with van der Waals surface area (Å²) in [6.45, 7) is 0. The van der Waals surface area contributed by atoms with Gasteiger partial charge >= 0.3 is 4.87 Å². The molecule has 0 radical (unpaired) electrons. The molecule has 0 unspecified atom stereocenters. The molecule has 0 saturated carbocycles. The van der Waals surface area contributed by atoms with Gasteiger partial charge in [-0.15, -0.1) is 0 Å². The Morgan fingerprint density at radius 3 is 1.90 bits per heavy atom. The number of nitrogens with zero attached hydrogens (tertiary/aromatic N) is 2. The Kier molecular flexibility index (Phi) is 4.42. The standard InChI is InChI=1S/C24H16N2O2S/c27-24-26(20(16-29-24)17-10-4-1-5-11-17)22-21(18-12-6-2-7-13-18)28-23(25-22)19-14-8-3-9-15-19/h1-16H. The van der Waals surface area contributed by atoms with Crippen molar-refractivity contribution < 1.29 is 4.42 Å². The minimum atomic E-state index is -0.103. The highest BCUT2D eigenvalue weighted by Crippen LogP contribution is 2.34. The van der Waals surface area contributed by atoms with Crippen molar-refractivity contribution in [2.75, 3.05) is 0 Å². The normalized spacial score (nSPS) is 10.9. The van der Waals surface area contributed by atoms with E-state index in [4.69, 9.17) is 9.40 Å². The Labute approximate surface area is 171 Å². The van der Waals surface area contributed by atoms with Crippen molar-refractivity contribution in [3.63, 3.8) is 0 Å². The predicted molar refractivity (Wildman–Crippen MR) is 116 cm³/mol. The molecule has 0 bridgehead atoms. The first-order valence-electron chi connectivity index (χ1n) is 9.19. The number of hydrogen-bond donors (Lipinski definition) is 0. The molecule has 0 fully saturated rings. The molecule has 0 saturated heterocycles. The Balaban J connectivity index is 1.77. The van der Waals surface area contributed by atoms with Crippen LogP contribution in [0.2, 0.25) is 0 Å². The third kappa shape index (κ3) is 3.22. The monoisotopic (exact) mass is 396 g/mol. The van der Waals surface area contributed by atoms with E-state index < -0.39 is 0 Å². The zero-order valence-corrected chi connectivity index (χ0v) is 16.2. The van der Waals surface area contributed by atoms with Gasteiger partial charge in [0.2, 0.25) is 5.89 Å². The minimum absolute atomic E-state index is 0.103. The first-order valence-corrected chi connectivity index (χ1v) is 10.1. The molecule has 2 aromatic heterocycles. The average molecular weight is 396 g/mol. The van der Waals surface area contributed by atoms with Gasteiger partial charge in [0.15, 0.2) is 11.6 Å². The van der Waals surface area contributed by atoms with E-state index in [0.717, 1.165) is 33.7 Å². The summed E-state index contributed by atoms with van der Waals surface area (Å²) in [6.07, 6.45) is 0. The van der Waals surface area contributed by atoms with Gasteiger partial charge in [-0.05, 0) is 17.7 Å². The van der Waals surface area contributed by atoms with Crippen LogP contribution in [0.1, 0.15) is 0 Å². The van der Waals surface area contributed by atoms with Crippen molar-refractivity contribution in [1.82, 2.24) is 9.55 Å². The first kappa shape index (κ1) is 17.4. The quantitative estimate of drug-likeness (QED) is 0.381. The highest BCUT2D eigenvalue weighted by Gasteiger charge is 2.22. The van der Waals surface area contributed by atoms with E-state index in [1.165, 1.54) is 0 Å². The van der Waals surface area contributed by atoms with Crippen LogP contribution in [0, 0.1) is 0 Å². The highest BCUT2D eigenvalue weighted by atomic mass is 32.1. The van der Waals surface area contributed by atoms with Gasteiger partial charge in [0.1, 0.15) is 0 Å². The first-order chi connectivity index (χ1) is 14.3. The average Bonchev–Trinajstić information content (AvgIpc) is 3.39. The van der Waals surface area contributed by atoms with Crippen molar-refractivity contribution in [3.8, 4) is 39.9 Å². The Morgan fingerprint density at radius 1 is 0.724 bits per heavy atom. The second-order valence-electron chi connectivity index (χ2n) is 6.49. The van der Waals surface area contributed by atoms with Crippen LogP contribution in [0.4, 0.5) is 0 Å². The second-order valence-corrected chi connectivity index (χ2v) is 7.31. The molecule has 0 spiro atoms. The smallest absolute Gasteiger partial charge is 0.313 e. The Hall–Kier alpha value is -3.70. The van der Waals surface area contributed by atoms with Gasteiger partial charge in [0, 0.05) is 16.5 Å². The van der Waals surface area contributed by atoms with Crippen molar-refractivity contribution in [2.24, 2.45) is 0 Å². The van der Waals surface area contributed by atoms with Gasteiger partial charge in [0.05, 0.1) is 5.69 Å². The highest BCUT2D eigenvalue weighted by molar-refractivity contribution is 7.07. The van der Waals surface area contributed by atoms with E-state index in [2.05, 4.69) is 0 Å². The van der Waals surface area contributed by atoms with Crippen LogP contribution in [-0.4, -0.2) is 9.55 Å². The van der Waals surface area contributed by atoms with Gasteiger partial charge < -0.3 is 4.42 Å². The largest absolute Gasteiger partial charge is 0.434 e. The molecular formula is C24H16N2O2S. The summed E-state index contributed by atoms with van der Waals surface area (Å²) in [4.78, 5) is 17.5. The molecule has 0 amide bonds. The molecule has 140 valence electrons. The van der Waals surface area contributed by atoms with E-state index in [9.17, 15) is 4.79 Å². The molecular weight excluding hydrogens is 380 g/mol. The SMILES string of the molecule is O=c1scc(-c2ccccc2)n1-c1nc(-c2ccccc2)oc1-c1ccccc1. The third-order valence-corrected chi connectivity index (χ3v) is 5.37. The summed E-state index contributed by atoms with van der Waals surface area (Å²) in [7, 11) is 0. The van der Waals surface area contributed by atoms with E-state index in [0.29, 0.717) is 17.5 Å². The second kappa shape index (κ2) is 7.37. The van der Waals surface area contributed by atoms with E-state index in [-0.39, 0.29) is 4.87 Å². The van der Waals surface area contributed by atoms with Crippen molar-refractivity contribution in [1.29, 1.82) is 0 Å². The van der Waals surface area contributed by atoms with Crippen LogP contribution in [-0.2, 0) is 0 Å². The van der Waals surface area contributed by atoms with E-state index in [1.54, 1.807) is 4.57 Å². The van der Waals surface area contributed by atoms with Crippen molar-refractivity contribution >= 4 is 11.3 Å². The number of benzene rings is 3. The lowest BCUT2D eigenvalue weighted by molar-refractivity contribution is 0.588. The maximum Gasteiger partial charge on any atom is 0.313 e. The van der Waals surface area contributed by atoms with Crippen molar-refractivity contribution in [3.05, 3.63) is 106 Å². The van der Waals surface area contributed by atoms with Crippen LogP contribution < -0.4 is 4.87 Å². The lowest BCUT2D eigenvalue weighted by atomic mass is 10.1. The van der Waals surface area contributed by atoms with E-state index in [1.807, 2.05) is 96.4 Å². The Bertz CT molecular complexity index is 1300. The molecule has 0 aliphatic carbocycles. The number of oxazole rings is 1. The number of hydrogen-bond acceptors (Lipinski definition) is 4. The van der Waals surface area contributed by atoms with Crippen LogP contribution in [0.5, 0.6) is 0 Å². The lowest BCUT2D eigenvalue weighted by Crippen LogP contribution is -2.13. The molecule has 0 aliphatic rings. The zero-order chi connectivity index (χ0) is 19.6. The number of thiazole rings is 1. The Morgan fingerprint density at radius 2 is 1.28 bits per heavy atom. The molecule has 3 aromatic carbocycles. The molecule has 29 heavy (non-hydrogen) atoms. The summed E-state index contributed by atoms with van der Waals surface area (Å²) in [6, 6.07) is 29.3. The summed E-state index contributed by atoms with van der Waals surface area (Å²) in [5.41, 5.74) is 3.48. The van der Waals surface area contributed by atoms with Gasteiger partial charge in [-0.2, -0.15) is 4.98 Å². The van der Waals surface area contributed by atoms with Gasteiger partial charge in [0.25, 0.3) is 0 Å². The van der Waals surface area contributed by atoms with Gasteiger partial charge in [-0.3, -0.25) is 4.79 Å². The molecule has 4 nitrogen and oxygen atoms in total.